The predicted molar refractivity (Wildman–Crippen MR) is 352 cm³/mol. The molecule has 2 aromatic rings. The van der Waals surface area contributed by atoms with Crippen LogP contribution in [0.3, 0.4) is 0 Å². The Bertz CT molecular complexity index is 2460. The lowest BCUT2D eigenvalue weighted by Crippen LogP contribution is -2.55. The number of aromatic nitrogens is 3. The number of benzene rings is 1. The fourth-order valence-corrected chi connectivity index (χ4v) is 13.9. The molecule has 7 N–H and O–H groups in total. The Morgan fingerprint density at radius 3 is 2.06 bits per heavy atom. The number of anilines is 1. The molecule has 2 aliphatic rings. The maximum absolute atomic E-state index is 14.3. The summed E-state index contributed by atoms with van der Waals surface area (Å²) in [6.45, 7) is 17.5. The average Bonchev–Trinajstić information content (AvgIpc) is 3.77. The van der Waals surface area contributed by atoms with Gasteiger partial charge < -0.3 is 61.1 Å². The van der Waals surface area contributed by atoms with E-state index in [1.807, 2.05) is 96.2 Å². The third-order valence-corrected chi connectivity index (χ3v) is 19.6. The van der Waals surface area contributed by atoms with Gasteiger partial charge in [-0.2, -0.15) is 38.5 Å². The zero-order chi connectivity index (χ0) is 65.6. The van der Waals surface area contributed by atoms with Gasteiger partial charge in [-0.05, 0) is 93.8 Å². The fraction of sp³-hybridized carbons (Fsp3) is 0.766. The van der Waals surface area contributed by atoms with Crippen molar-refractivity contribution in [2.45, 2.75) is 198 Å². The second-order valence-electron chi connectivity index (χ2n) is 24.7. The molecule has 23 nitrogen and oxygen atoms in total. The van der Waals surface area contributed by atoms with E-state index in [0.717, 1.165) is 40.6 Å². The molecule has 504 valence electrons. The molecule has 89 heavy (non-hydrogen) atoms. The second-order valence-corrected chi connectivity index (χ2v) is 27.1. The number of likely N-dealkylation sites (tertiary alicyclic amines) is 1. The largest absolute Gasteiger partial charge is 0.379 e. The first-order chi connectivity index (χ1) is 42.6. The van der Waals surface area contributed by atoms with Crippen LogP contribution < -0.4 is 32.3 Å². The van der Waals surface area contributed by atoms with Crippen molar-refractivity contribution in [3.05, 3.63) is 41.2 Å². The molecule has 1 saturated heterocycles. The number of nitrogens with one attached hydrogen (secondary N) is 5. The number of methoxy groups -OCH3 is 2. The summed E-state index contributed by atoms with van der Waals surface area (Å²) in [7, 11) is 8.43. The highest BCUT2D eigenvalue weighted by Crippen LogP contribution is 2.31. The molecule has 2 aliphatic heterocycles. The summed E-state index contributed by atoms with van der Waals surface area (Å²) in [5.74, 6) is -0.285. The normalized spacial score (nSPS) is 18.6. The summed E-state index contributed by atoms with van der Waals surface area (Å²) < 4.78 is 23.5. The molecule has 0 radical (unpaired) electrons. The van der Waals surface area contributed by atoms with Crippen LogP contribution in [-0.4, -0.2) is 212 Å². The van der Waals surface area contributed by atoms with Gasteiger partial charge in [0.05, 0.1) is 100 Å². The van der Waals surface area contributed by atoms with Crippen molar-refractivity contribution in [2.75, 3.05) is 99.0 Å². The van der Waals surface area contributed by atoms with Crippen LogP contribution in [0.5, 0.6) is 0 Å². The summed E-state index contributed by atoms with van der Waals surface area (Å²) in [5, 5.41) is 24.4. The lowest BCUT2D eigenvalue weighted by atomic mass is 9.90. The first-order valence-electron chi connectivity index (χ1n) is 32.4. The number of hydrogen-bond donors (Lipinski definition) is 6. The maximum atomic E-state index is 14.3. The van der Waals surface area contributed by atoms with Crippen molar-refractivity contribution < 1.29 is 52.5 Å². The molecule has 0 aliphatic carbocycles. The second kappa shape index (κ2) is 40.9. The summed E-state index contributed by atoms with van der Waals surface area (Å²) in [4.78, 5) is 101. The molecule has 25 heteroatoms. The summed E-state index contributed by atoms with van der Waals surface area (Å²) >= 11 is 3.93. The Balaban J connectivity index is 1.18. The molecule has 0 saturated carbocycles. The summed E-state index contributed by atoms with van der Waals surface area (Å²) in [6.07, 6.45) is 8.79. The van der Waals surface area contributed by atoms with E-state index in [0.29, 0.717) is 63.1 Å². The molecule has 0 bridgehead atoms. The molecule has 4 rings (SSSR count). The van der Waals surface area contributed by atoms with Gasteiger partial charge in [-0.3, -0.25) is 38.5 Å². The Hall–Kier alpha value is -4.89. The van der Waals surface area contributed by atoms with Gasteiger partial charge in [-0.1, -0.05) is 93.2 Å². The van der Waals surface area contributed by atoms with Gasteiger partial charge in [-0.25, -0.2) is 0 Å². The minimum atomic E-state index is -0.867. The highest BCUT2D eigenvalue weighted by molar-refractivity contribution is 7.99. The van der Waals surface area contributed by atoms with E-state index in [4.69, 9.17) is 34.9 Å². The monoisotopic (exact) mass is 1290 g/mol. The number of rotatable bonds is 36. The summed E-state index contributed by atoms with van der Waals surface area (Å²) in [5.41, 5.74) is 9.70. The first kappa shape index (κ1) is 76.6. The van der Waals surface area contributed by atoms with Crippen LogP contribution >= 0.6 is 23.5 Å². The number of fused-ring (bicyclic) bond motifs is 1. The number of thioether (sulfide) groups is 2. The maximum Gasteiger partial charge on any atom is 0.243 e. The van der Waals surface area contributed by atoms with Crippen LogP contribution in [-0.2, 0) is 77.0 Å². The molecule has 3 unspecified atom stereocenters. The van der Waals surface area contributed by atoms with Gasteiger partial charge in [0, 0.05) is 69.3 Å². The molecular weight excluding hydrogens is 1180 g/mol. The van der Waals surface area contributed by atoms with Gasteiger partial charge in [0.25, 0.3) is 0 Å². The van der Waals surface area contributed by atoms with E-state index < -0.39 is 60.1 Å². The lowest BCUT2D eigenvalue weighted by molar-refractivity contribution is -0.146. The van der Waals surface area contributed by atoms with Gasteiger partial charge in [0.15, 0.2) is 0 Å². The van der Waals surface area contributed by atoms with Gasteiger partial charge >= 0.3 is 0 Å². The SMILES string of the molecule is CCC1CCCCCCSCc2nn(CCOCCOCCC(=O)NC(C(=O)NCC(=O)Nc3ccc(C[C@@H](CN)NC(=O)[C@H](C)[C@@H](OC)[C@@H]4CCCN4C(=O)C[C@@H](OC)[C@H]([C@@H](C)CC)N(C)C(=O)CNC(=O)C(C(C)C)N(C)C)cc3)C(C)C)nc2CS1. The van der Waals surface area contributed by atoms with Gasteiger partial charge in [0.2, 0.25) is 41.4 Å². The predicted octanol–water partition coefficient (Wildman–Crippen LogP) is 5.41. The highest BCUT2D eigenvalue weighted by Gasteiger charge is 2.42. The molecular formula is C64H110N12O11S2. The Kier molecular flexibility index (Phi) is 35.1. The van der Waals surface area contributed by atoms with E-state index in [9.17, 15) is 33.6 Å². The highest BCUT2D eigenvalue weighted by atomic mass is 32.2. The number of nitrogens with zero attached hydrogens (tertiary/aromatic N) is 6. The first-order valence-corrected chi connectivity index (χ1v) is 34.6. The van der Waals surface area contributed by atoms with Crippen molar-refractivity contribution in [1.29, 1.82) is 0 Å². The van der Waals surface area contributed by atoms with Crippen molar-refractivity contribution in [3.63, 3.8) is 0 Å². The number of nitrogens with two attached hydrogens (primary N) is 1. The number of amides is 7. The molecule has 0 spiro atoms. The van der Waals surface area contributed by atoms with Crippen LogP contribution in [0, 0.1) is 23.7 Å². The van der Waals surface area contributed by atoms with Crippen LogP contribution in [0.4, 0.5) is 5.69 Å². The quantitative estimate of drug-likeness (QED) is 0.0465. The van der Waals surface area contributed by atoms with Crippen molar-refractivity contribution >= 4 is 70.6 Å². The molecule has 1 fully saturated rings. The molecule has 3 heterocycles. The van der Waals surface area contributed by atoms with E-state index in [1.165, 1.54) is 45.6 Å². The van der Waals surface area contributed by atoms with E-state index in [-0.39, 0.29) is 86.4 Å². The lowest BCUT2D eigenvalue weighted by Gasteiger charge is -2.39. The van der Waals surface area contributed by atoms with Crippen LogP contribution in [0.15, 0.2) is 24.3 Å². The minimum Gasteiger partial charge on any atom is -0.379 e. The number of likely N-dealkylation sites (N-methyl/N-ethyl adjacent to an activating group) is 2. The molecule has 1 aromatic heterocycles. The number of carbonyl (C=O) groups is 7. The Morgan fingerprint density at radius 1 is 0.753 bits per heavy atom. The third kappa shape index (κ3) is 25.6. The van der Waals surface area contributed by atoms with Crippen LogP contribution in [0.25, 0.3) is 0 Å². The third-order valence-electron chi connectivity index (χ3n) is 17.0. The number of hydrogen-bond acceptors (Lipinski definition) is 17. The van der Waals surface area contributed by atoms with Gasteiger partial charge in [0.1, 0.15) is 6.04 Å². The minimum absolute atomic E-state index is 0.00339. The van der Waals surface area contributed by atoms with Crippen molar-refractivity contribution in [1.82, 2.24) is 51.0 Å². The Labute approximate surface area is 539 Å². The van der Waals surface area contributed by atoms with Crippen molar-refractivity contribution in [2.24, 2.45) is 29.4 Å². The van der Waals surface area contributed by atoms with Crippen LogP contribution in [0.1, 0.15) is 143 Å². The van der Waals surface area contributed by atoms with Crippen LogP contribution in [0.2, 0.25) is 0 Å². The van der Waals surface area contributed by atoms with Gasteiger partial charge in [-0.15, -0.1) is 0 Å². The Morgan fingerprint density at radius 2 is 1.43 bits per heavy atom. The zero-order valence-electron chi connectivity index (χ0n) is 55.8. The molecule has 10 atom stereocenters. The number of ether oxygens (including phenoxy) is 4. The zero-order valence-corrected chi connectivity index (χ0v) is 57.4. The van der Waals surface area contributed by atoms with Crippen molar-refractivity contribution in [3.8, 4) is 0 Å². The number of carbonyl (C=O) groups excluding carboxylic acids is 7. The smallest absolute Gasteiger partial charge is 0.243 e. The summed E-state index contributed by atoms with van der Waals surface area (Å²) in [6, 6.07) is 4.53. The average molecular weight is 1290 g/mol. The topological polar surface area (TPSA) is 283 Å². The molecule has 7 amide bonds. The fourth-order valence-electron chi connectivity index (χ4n) is 11.7. The van der Waals surface area contributed by atoms with E-state index in [1.54, 1.807) is 47.8 Å². The standard InChI is InChI=1S/C64H110N12O11S2/c1-14-44(7)60(74(11)57(80)39-67-64(83)59(43(5)6)73(9)10)53(84-12)36-56(79)75-28-20-22-52(75)61(85-13)45(8)62(81)69-48(37-65)35-46-23-25-47(26-24-46)68-55(78)38-66-63(82)58(42(3)4)70-54(77)27-30-86-32-33-87-31-29-76-71-50-40-88-34-19-17-16-18-21-49(15-2)89-41-51(50)72-76/h23-26,42-45,48-49,52-53,58-61H,14-22,27-41,65H2,1-13H3,(H,66,82)(H,67,83)(H,68,78)(H,69,81)(H,70,77)/t44-,45+,48-,49?,52-,53+,58?,59?,60-,61+/m0/s1. The van der Waals surface area contributed by atoms with E-state index >= 15 is 0 Å². The van der Waals surface area contributed by atoms with E-state index in [2.05, 4.69) is 33.5 Å². The molecule has 1 aromatic carbocycles.